The highest BCUT2D eigenvalue weighted by Crippen LogP contribution is 2.29. The summed E-state index contributed by atoms with van der Waals surface area (Å²) < 4.78 is 0. The summed E-state index contributed by atoms with van der Waals surface area (Å²) in [5.74, 6) is 0.105. The van der Waals surface area contributed by atoms with Crippen LogP contribution < -0.4 is 4.90 Å². The zero-order valence-corrected chi connectivity index (χ0v) is 10.6. The van der Waals surface area contributed by atoms with Crippen LogP contribution in [0.1, 0.15) is 6.92 Å². The average molecular weight is 253 g/mol. The molecule has 1 saturated heterocycles. The predicted molar refractivity (Wildman–Crippen MR) is 66.3 cm³/mol. The molecule has 5 nitrogen and oxygen atoms in total. The van der Waals surface area contributed by atoms with Crippen LogP contribution in [0, 0.1) is 11.8 Å². The van der Waals surface area contributed by atoms with Gasteiger partial charge in [-0.1, -0.05) is 6.92 Å². The molecular weight excluding hydrogens is 238 g/mol. The van der Waals surface area contributed by atoms with Gasteiger partial charge in [0.15, 0.2) is 0 Å². The lowest BCUT2D eigenvalue weighted by Crippen LogP contribution is -2.51. The molecule has 1 N–H and O–H groups in total. The molecule has 2 rings (SSSR count). The number of anilines is 1. The minimum absolute atomic E-state index is 0.222. The fourth-order valence-corrected chi connectivity index (χ4v) is 2.21. The number of hydrogen-bond donors (Lipinski definition) is 1. The Kier molecular flexibility index (Phi) is 3.51. The van der Waals surface area contributed by atoms with Gasteiger partial charge in [-0.25, -0.2) is 9.97 Å². The highest BCUT2D eigenvalue weighted by atomic mass is 32.2. The van der Waals surface area contributed by atoms with Crippen LogP contribution in [-0.4, -0.2) is 40.4 Å². The normalized spacial score (nSPS) is 17.6. The molecule has 0 aliphatic carbocycles. The Balaban J connectivity index is 1.97. The first kappa shape index (κ1) is 12.2. The minimum atomic E-state index is -0.720. The highest BCUT2D eigenvalue weighted by molar-refractivity contribution is 7.98. The molecule has 1 aromatic heterocycles. The van der Waals surface area contributed by atoms with Gasteiger partial charge in [0, 0.05) is 25.1 Å². The van der Waals surface area contributed by atoms with E-state index in [0.29, 0.717) is 0 Å². The van der Waals surface area contributed by atoms with Crippen molar-refractivity contribution in [2.75, 3.05) is 24.2 Å². The molecule has 0 saturated carbocycles. The van der Waals surface area contributed by atoms with Gasteiger partial charge in [0.05, 0.1) is 5.92 Å². The fraction of sp³-hybridized carbons (Fsp3) is 0.545. The van der Waals surface area contributed by atoms with Gasteiger partial charge in [0.1, 0.15) is 17.2 Å². The Bertz CT molecular complexity index is 421. The zero-order valence-electron chi connectivity index (χ0n) is 9.83. The second-order valence-corrected chi connectivity index (χ2v) is 5.04. The Morgan fingerprint density at radius 3 is 2.88 bits per heavy atom. The molecule has 1 aliphatic heterocycles. The van der Waals surface area contributed by atoms with E-state index in [0.717, 1.165) is 23.9 Å². The molecule has 2 heterocycles. The first-order valence-electron chi connectivity index (χ1n) is 5.45. The van der Waals surface area contributed by atoms with E-state index in [9.17, 15) is 4.79 Å². The monoisotopic (exact) mass is 253 g/mol. The van der Waals surface area contributed by atoms with Gasteiger partial charge in [-0.05, 0) is 6.26 Å². The summed E-state index contributed by atoms with van der Waals surface area (Å²) in [7, 11) is 0. The molecule has 0 radical (unpaired) electrons. The summed E-state index contributed by atoms with van der Waals surface area (Å²) in [6.07, 6.45) is 3.52. The summed E-state index contributed by atoms with van der Waals surface area (Å²) in [5, 5.41) is 9.84. The third-order valence-corrected chi connectivity index (χ3v) is 3.81. The van der Waals surface area contributed by atoms with Gasteiger partial charge in [-0.15, -0.1) is 11.8 Å². The Hall–Kier alpha value is -1.30. The standard InChI is InChI=1S/C11H15N3O2S/c1-7(11(15)16)8-4-14(5-8)9-3-10(17-2)13-6-12-9/h3,6-8H,4-5H2,1-2H3,(H,15,16). The van der Waals surface area contributed by atoms with Gasteiger partial charge in [-0.2, -0.15) is 0 Å². The van der Waals surface area contributed by atoms with E-state index in [1.165, 1.54) is 0 Å². The first-order valence-corrected chi connectivity index (χ1v) is 6.68. The first-order chi connectivity index (χ1) is 8.11. The van der Waals surface area contributed by atoms with E-state index in [1.807, 2.05) is 12.3 Å². The summed E-state index contributed by atoms with van der Waals surface area (Å²) >= 11 is 1.58. The number of carbonyl (C=O) groups is 1. The van der Waals surface area contributed by atoms with E-state index < -0.39 is 5.97 Å². The molecule has 0 spiro atoms. The molecule has 0 amide bonds. The van der Waals surface area contributed by atoms with Gasteiger partial charge >= 0.3 is 5.97 Å². The van der Waals surface area contributed by atoms with Crippen molar-refractivity contribution in [2.45, 2.75) is 11.9 Å². The number of thioether (sulfide) groups is 1. The van der Waals surface area contributed by atoms with Crippen LogP contribution in [0.2, 0.25) is 0 Å². The molecule has 17 heavy (non-hydrogen) atoms. The van der Waals surface area contributed by atoms with Crippen LogP contribution in [0.25, 0.3) is 0 Å². The summed E-state index contributed by atoms with van der Waals surface area (Å²) in [4.78, 5) is 21.2. The fourth-order valence-electron chi connectivity index (χ4n) is 1.83. The van der Waals surface area contributed by atoms with Crippen LogP contribution in [0.15, 0.2) is 17.4 Å². The van der Waals surface area contributed by atoms with Crippen molar-refractivity contribution in [1.29, 1.82) is 0 Å². The van der Waals surface area contributed by atoms with Gasteiger partial charge < -0.3 is 10.0 Å². The second-order valence-electron chi connectivity index (χ2n) is 4.21. The van der Waals surface area contributed by atoms with Crippen molar-refractivity contribution in [1.82, 2.24) is 9.97 Å². The number of nitrogens with zero attached hydrogens (tertiary/aromatic N) is 3. The summed E-state index contributed by atoms with van der Waals surface area (Å²) in [5.41, 5.74) is 0. The Morgan fingerprint density at radius 2 is 2.29 bits per heavy atom. The zero-order chi connectivity index (χ0) is 12.4. The topological polar surface area (TPSA) is 66.3 Å². The second kappa shape index (κ2) is 4.91. The van der Waals surface area contributed by atoms with Gasteiger partial charge in [0.25, 0.3) is 0 Å². The molecular formula is C11H15N3O2S. The van der Waals surface area contributed by atoms with E-state index in [-0.39, 0.29) is 11.8 Å². The number of aliphatic carboxylic acids is 1. The number of aromatic nitrogens is 2. The average Bonchev–Trinajstić information content (AvgIpc) is 2.27. The molecule has 1 unspecified atom stereocenters. The lowest BCUT2D eigenvalue weighted by molar-refractivity contribution is -0.143. The molecule has 1 fully saturated rings. The van der Waals surface area contributed by atoms with Crippen LogP contribution in [0.5, 0.6) is 0 Å². The predicted octanol–water partition coefficient (Wildman–Crippen LogP) is 1.36. The number of carboxylic acid groups (broad SMARTS) is 1. The maximum Gasteiger partial charge on any atom is 0.306 e. The molecule has 0 aromatic carbocycles. The Morgan fingerprint density at radius 1 is 1.59 bits per heavy atom. The number of hydrogen-bond acceptors (Lipinski definition) is 5. The molecule has 0 bridgehead atoms. The number of rotatable bonds is 4. The van der Waals surface area contributed by atoms with E-state index in [1.54, 1.807) is 25.0 Å². The van der Waals surface area contributed by atoms with E-state index in [2.05, 4.69) is 14.9 Å². The third kappa shape index (κ3) is 2.52. The Labute approximate surface area is 104 Å². The lowest BCUT2D eigenvalue weighted by Gasteiger charge is -2.42. The van der Waals surface area contributed by atoms with Crippen molar-refractivity contribution in [3.05, 3.63) is 12.4 Å². The minimum Gasteiger partial charge on any atom is -0.481 e. The smallest absolute Gasteiger partial charge is 0.306 e. The van der Waals surface area contributed by atoms with Crippen molar-refractivity contribution in [3.8, 4) is 0 Å². The third-order valence-electron chi connectivity index (χ3n) is 3.17. The van der Waals surface area contributed by atoms with Crippen LogP contribution >= 0.6 is 11.8 Å². The maximum atomic E-state index is 10.8. The number of carboxylic acids is 1. The van der Waals surface area contributed by atoms with Crippen molar-refractivity contribution < 1.29 is 9.90 Å². The molecule has 6 heteroatoms. The van der Waals surface area contributed by atoms with E-state index in [4.69, 9.17) is 5.11 Å². The molecule has 1 aliphatic rings. The molecule has 92 valence electrons. The van der Waals surface area contributed by atoms with Crippen molar-refractivity contribution >= 4 is 23.5 Å². The molecule has 1 aromatic rings. The lowest BCUT2D eigenvalue weighted by atomic mass is 9.87. The van der Waals surface area contributed by atoms with Crippen LogP contribution in [0.4, 0.5) is 5.82 Å². The van der Waals surface area contributed by atoms with Crippen LogP contribution in [-0.2, 0) is 4.79 Å². The molecule has 1 atom stereocenters. The van der Waals surface area contributed by atoms with Gasteiger partial charge in [0.2, 0.25) is 0 Å². The highest BCUT2D eigenvalue weighted by Gasteiger charge is 2.35. The quantitative estimate of drug-likeness (QED) is 0.645. The van der Waals surface area contributed by atoms with E-state index >= 15 is 0 Å². The van der Waals surface area contributed by atoms with Gasteiger partial charge in [-0.3, -0.25) is 4.79 Å². The summed E-state index contributed by atoms with van der Waals surface area (Å²) in [6, 6.07) is 1.94. The maximum absolute atomic E-state index is 10.8. The largest absolute Gasteiger partial charge is 0.481 e. The summed E-state index contributed by atoms with van der Waals surface area (Å²) in [6.45, 7) is 3.29. The van der Waals surface area contributed by atoms with Crippen molar-refractivity contribution in [2.24, 2.45) is 11.8 Å². The van der Waals surface area contributed by atoms with Crippen LogP contribution in [0.3, 0.4) is 0 Å². The van der Waals surface area contributed by atoms with Crippen molar-refractivity contribution in [3.63, 3.8) is 0 Å². The SMILES string of the molecule is CSc1cc(N2CC(C(C)C(=O)O)C2)ncn1.